The van der Waals surface area contributed by atoms with Gasteiger partial charge < -0.3 is 19.6 Å². The molecule has 0 saturated heterocycles. The van der Waals surface area contributed by atoms with Gasteiger partial charge in [0.25, 0.3) is 5.91 Å². The van der Waals surface area contributed by atoms with E-state index in [0.717, 1.165) is 11.3 Å². The molecule has 0 fully saturated rings. The van der Waals surface area contributed by atoms with Gasteiger partial charge in [-0.15, -0.1) is 0 Å². The van der Waals surface area contributed by atoms with Crippen LogP contribution in [0.2, 0.25) is 0 Å². The lowest BCUT2D eigenvalue weighted by Crippen LogP contribution is -2.35. The topological polar surface area (TPSA) is 53.0 Å². The second-order valence-electron chi connectivity index (χ2n) is 4.63. The molecule has 1 N–H and O–H groups in total. The zero-order chi connectivity index (χ0) is 13.3. The Morgan fingerprint density at radius 1 is 1.50 bits per heavy atom. The number of likely N-dealkylation sites (N-methyl/N-ethyl adjacent to an activating group) is 2. The standard InChI is InChI=1S/C13H18N2O3/c1-14(2)11(7-16)9-4-5-12-10(6-9)15(3)13(17)8-18-12/h4-6,11,16H,7-8H2,1-3H3. The summed E-state index contributed by atoms with van der Waals surface area (Å²) in [5.41, 5.74) is 1.72. The van der Waals surface area contributed by atoms with Gasteiger partial charge in [-0.25, -0.2) is 0 Å². The van der Waals surface area contributed by atoms with Crippen LogP contribution in [0.4, 0.5) is 5.69 Å². The van der Waals surface area contributed by atoms with E-state index in [1.807, 2.05) is 37.2 Å². The minimum absolute atomic E-state index is 0.0320. The summed E-state index contributed by atoms with van der Waals surface area (Å²) in [6.07, 6.45) is 0. The van der Waals surface area contributed by atoms with E-state index in [1.165, 1.54) is 0 Å². The van der Waals surface area contributed by atoms with Crippen molar-refractivity contribution in [2.75, 3.05) is 39.3 Å². The number of rotatable bonds is 3. The van der Waals surface area contributed by atoms with Gasteiger partial charge in [-0.2, -0.15) is 0 Å². The van der Waals surface area contributed by atoms with E-state index < -0.39 is 0 Å². The molecule has 0 saturated carbocycles. The first-order chi connectivity index (χ1) is 8.54. The zero-order valence-corrected chi connectivity index (χ0v) is 10.9. The number of ether oxygens (including phenoxy) is 1. The molecule has 1 aliphatic heterocycles. The minimum atomic E-state index is -0.0827. The fraction of sp³-hybridized carbons (Fsp3) is 0.462. The van der Waals surface area contributed by atoms with Crippen LogP contribution < -0.4 is 9.64 Å². The van der Waals surface area contributed by atoms with Gasteiger partial charge in [0.05, 0.1) is 18.3 Å². The number of anilines is 1. The molecule has 1 heterocycles. The molecule has 2 rings (SSSR count). The molecule has 1 unspecified atom stereocenters. The summed E-state index contributed by atoms with van der Waals surface area (Å²) >= 11 is 0. The van der Waals surface area contributed by atoms with E-state index >= 15 is 0 Å². The van der Waals surface area contributed by atoms with Crippen LogP contribution >= 0.6 is 0 Å². The predicted octanol–water partition coefficient (Wildman–Crippen LogP) is 0.637. The molecule has 98 valence electrons. The summed E-state index contributed by atoms with van der Waals surface area (Å²) in [5, 5.41) is 9.42. The van der Waals surface area contributed by atoms with Crippen LogP contribution in [0.5, 0.6) is 5.75 Å². The molecular formula is C13H18N2O3. The highest BCUT2D eigenvalue weighted by Crippen LogP contribution is 2.34. The fourth-order valence-corrected chi connectivity index (χ4v) is 2.06. The van der Waals surface area contributed by atoms with Crippen molar-refractivity contribution in [3.05, 3.63) is 23.8 Å². The number of carbonyl (C=O) groups excluding carboxylic acids is 1. The van der Waals surface area contributed by atoms with Crippen molar-refractivity contribution in [3.63, 3.8) is 0 Å². The molecule has 1 amide bonds. The van der Waals surface area contributed by atoms with E-state index in [1.54, 1.807) is 11.9 Å². The minimum Gasteiger partial charge on any atom is -0.482 e. The van der Waals surface area contributed by atoms with Crippen LogP contribution in [0.15, 0.2) is 18.2 Å². The fourth-order valence-electron chi connectivity index (χ4n) is 2.06. The molecular weight excluding hydrogens is 232 g/mol. The highest BCUT2D eigenvalue weighted by Gasteiger charge is 2.24. The van der Waals surface area contributed by atoms with Crippen molar-refractivity contribution in [1.82, 2.24) is 4.90 Å². The first-order valence-electron chi connectivity index (χ1n) is 5.85. The number of hydrogen-bond acceptors (Lipinski definition) is 4. The monoisotopic (exact) mass is 250 g/mol. The average molecular weight is 250 g/mol. The molecule has 18 heavy (non-hydrogen) atoms. The summed E-state index contributed by atoms with van der Waals surface area (Å²) in [5.74, 6) is 0.640. The average Bonchev–Trinajstić information content (AvgIpc) is 2.35. The molecule has 5 heteroatoms. The van der Waals surface area contributed by atoms with E-state index in [9.17, 15) is 9.90 Å². The second-order valence-corrected chi connectivity index (χ2v) is 4.63. The summed E-state index contributed by atoms with van der Waals surface area (Å²) in [6, 6.07) is 5.58. The third-order valence-corrected chi connectivity index (χ3v) is 3.25. The molecule has 0 bridgehead atoms. The highest BCUT2D eigenvalue weighted by atomic mass is 16.5. The van der Waals surface area contributed by atoms with Gasteiger partial charge in [-0.05, 0) is 31.8 Å². The van der Waals surface area contributed by atoms with Crippen molar-refractivity contribution in [3.8, 4) is 5.75 Å². The Balaban J connectivity index is 2.39. The van der Waals surface area contributed by atoms with Gasteiger partial charge in [-0.3, -0.25) is 4.79 Å². The lowest BCUT2D eigenvalue weighted by atomic mass is 10.0. The number of aliphatic hydroxyl groups excluding tert-OH is 1. The summed E-state index contributed by atoms with van der Waals surface area (Å²) < 4.78 is 5.37. The van der Waals surface area contributed by atoms with Gasteiger partial charge in [0, 0.05) is 7.05 Å². The van der Waals surface area contributed by atoms with E-state index in [0.29, 0.717) is 5.75 Å². The van der Waals surface area contributed by atoms with Crippen molar-refractivity contribution in [2.24, 2.45) is 0 Å². The first-order valence-corrected chi connectivity index (χ1v) is 5.85. The maximum Gasteiger partial charge on any atom is 0.264 e. The third kappa shape index (κ3) is 2.19. The largest absolute Gasteiger partial charge is 0.482 e. The summed E-state index contributed by atoms with van der Waals surface area (Å²) in [4.78, 5) is 15.1. The molecule has 0 aliphatic carbocycles. The lowest BCUT2D eigenvalue weighted by Gasteiger charge is -2.28. The molecule has 0 aromatic heterocycles. The Morgan fingerprint density at radius 2 is 2.22 bits per heavy atom. The second kappa shape index (κ2) is 4.96. The SMILES string of the molecule is CN1C(=O)COc2ccc(C(CO)N(C)C)cc21. The highest BCUT2D eigenvalue weighted by molar-refractivity contribution is 5.97. The van der Waals surface area contributed by atoms with Crippen molar-refractivity contribution in [2.45, 2.75) is 6.04 Å². The number of benzene rings is 1. The number of carbonyl (C=O) groups is 1. The normalized spacial score (nSPS) is 16.5. The summed E-state index contributed by atoms with van der Waals surface area (Å²) in [6.45, 7) is 0.115. The number of fused-ring (bicyclic) bond motifs is 1. The van der Waals surface area contributed by atoms with E-state index in [-0.39, 0.29) is 25.2 Å². The van der Waals surface area contributed by atoms with E-state index in [4.69, 9.17) is 4.74 Å². The number of aliphatic hydroxyl groups is 1. The Hall–Kier alpha value is -1.59. The van der Waals surface area contributed by atoms with Crippen LogP contribution in [0.25, 0.3) is 0 Å². The van der Waals surface area contributed by atoms with Gasteiger partial charge >= 0.3 is 0 Å². The predicted molar refractivity (Wildman–Crippen MR) is 68.9 cm³/mol. The maximum atomic E-state index is 11.6. The van der Waals surface area contributed by atoms with Gasteiger partial charge in [0.15, 0.2) is 6.61 Å². The van der Waals surface area contributed by atoms with Gasteiger partial charge in [0.2, 0.25) is 0 Å². The smallest absolute Gasteiger partial charge is 0.264 e. The van der Waals surface area contributed by atoms with Crippen LogP contribution in [0.3, 0.4) is 0 Å². The number of hydrogen-bond donors (Lipinski definition) is 1. The maximum absolute atomic E-state index is 11.6. The molecule has 0 radical (unpaired) electrons. The first kappa shape index (κ1) is 12.9. The van der Waals surface area contributed by atoms with Crippen LogP contribution in [0.1, 0.15) is 11.6 Å². The van der Waals surface area contributed by atoms with Crippen molar-refractivity contribution in [1.29, 1.82) is 0 Å². The molecule has 1 aromatic rings. The molecule has 1 aromatic carbocycles. The number of amides is 1. The third-order valence-electron chi connectivity index (χ3n) is 3.25. The lowest BCUT2D eigenvalue weighted by molar-refractivity contribution is -0.120. The molecule has 0 spiro atoms. The van der Waals surface area contributed by atoms with Crippen molar-refractivity contribution < 1.29 is 14.6 Å². The van der Waals surface area contributed by atoms with Gasteiger partial charge in [-0.1, -0.05) is 6.07 Å². The Bertz CT molecular complexity index is 460. The molecule has 1 aliphatic rings. The molecule has 5 nitrogen and oxygen atoms in total. The van der Waals surface area contributed by atoms with Crippen LogP contribution in [0, 0.1) is 0 Å². The zero-order valence-electron chi connectivity index (χ0n) is 10.9. The molecule has 1 atom stereocenters. The quantitative estimate of drug-likeness (QED) is 0.855. The van der Waals surface area contributed by atoms with Crippen LogP contribution in [-0.4, -0.2) is 50.3 Å². The van der Waals surface area contributed by atoms with Crippen molar-refractivity contribution >= 4 is 11.6 Å². The van der Waals surface area contributed by atoms with Gasteiger partial charge in [0.1, 0.15) is 5.75 Å². The Labute approximate surface area is 107 Å². The van der Waals surface area contributed by atoms with E-state index in [2.05, 4.69) is 0 Å². The Kier molecular flexibility index (Phi) is 3.54. The van der Waals surface area contributed by atoms with Crippen LogP contribution in [-0.2, 0) is 4.79 Å². The number of nitrogens with zero attached hydrogens (tertiary/aromatic N) is 2. The Morgan fingerprint density at radius 3 is 2.83 bits per heavy atom. The summed E-state index contributed by atoms with van der Waals surface area (Å²) in [7, 11) is 5.55.